The fourth-order valence-electron chi connectivity index (χ4n) is 2.08. The van der Waals surface area contributed by atoms with Gasteiger partial charge in [-0.15, -0.1) is 22.7 Å². The lowest BCUT2D eigenvalue weighted by Gasteiger charge is -2.04. The molecule has 0 saturated carbocycles. The Balaban J connectivity index is 1.42. The molecule has 1 aromatic carbocycles. The first-order valence-electron chi connectivity index (χ1n) is 7.90. The third kappa shape index (κ3) is 5.40. The van der Waals surface area contributed by atoms with Crippen molar-refractivity contribution in [1.82, 2.24) is 10.3 Å². The Morgan fingerprint density at radius 3 is 2.65 bits per heavy atom. The minimum Gasteiger partial charge on any atom is -0.451 e. The molecule has 0 aliphatic heterocycles. The van der Waals surface area contributed by atoms with Crippen molar-refractivity contribution in [2.24, 2.45) is 0 Å². The van der Waals surface area contributed by atoms with E-state index in [1.54, 1.807) is 16.7 Å². The second kappa shape index (κ2) is 9.12. The number of rotatable bonds is 8. The lowest BCUT2D eigenvalue weighted by atomic mass is 10.2. The van der Waals surface area contributed by atoms with Gasteiger partial charge in [0.05, 0.1) is 6.54 Å². The van der Waals surface area contributed by atoms with Crippen molar-refractivity contribution in [2.75, 3.05) is 11.9 Å². The Morgan fingerprint density at radius 2 is 1.88 bits per heavy atom. The van der Waals surface area contributed by atoms with E-state index in [-0.39, 0.29) is 18.2 Å². The zero-order valence-electron chi connectivity index (χ0n) is 13.8. The van der Waals surface area contributed by atoms with Crippen LogP contribution >= 0.6 is 22.7 Å². The second-order valence-electron chi connectivity index (χ2n) is 5.31. The highest BCUT2D eigenvalue weighted by Gasteiger charge is 2.14. The van der Waals surface area contributed by atoms with Crippen LogP contribution in [0.15, 0.2) is 53.2 Å². The fourth-order valence-corrected chi connectivity index (χ4v) is 3.40. The number of aromatic nitrogens is 1. The summed E-state index contributed by atoms with van der Waals surface area (Å²) in [6, 6.07) is 13.7. The van der Waals surface area contributed by atoms with Gasteiger partial charge in [0.1, 0.15) is 0 Å². The quantitative estimate of drug-likeness (QED) is 0.580. The zero-order chi connectivity index (χ0) is 18.2. The van der Waals surface area contributed by atoms with Crippen LogP contribution in [0.3, 0.4) is 0 Å². The van der Waals surface area contributed by atoms with Gasteiger partial charge in [-0.1, -0.05) is 36.4 Å². The van der Waals surface area contributed by atoms with E-state index in [1.807, 2.05) is 47.8 Å². The number of carbonyl (C=O) groups excluding carboxylic acids is 2. The average Bonchev–Trinajstić information content (AvgIpc) is 3.35. The van der Waals surface area contributed by atoms with E-state index < -0.39 is 5.97 Å². The Kier molecular flexibility index (Phi) is 6.34. The van der Waals surface area contributed by atoms with Crippen LogP contribution in [-0.4, -0.2) is 23.5 Å². The topological polar surface area (TPSA) is 80.3 Å². The average molecular weight is 387 g/mol. The van der Waals surface area contributed by atoms with E-state index in [0.717, 1.165) is 10.4 Å². The molecule has 1 amide bonds. The van der Waals surface area contributed by atoms with Crippen LogP contribution in [0.2, 0.25) is 0 Å². The molecular formula is C18H17N3O3S2. The molecule has 0 aliphatic rings. The van der Waals surface area contributed by atoms with Crippen LogP contribution in [0.1, 0.15) is 20.9 Å². The number of thiazole rings is 1. The number of ether oxygens (including phenoxy) is 1. The van der Waals surface area contributed by atoms with Gasteiger partial charge in [-0.2, -0.15) is 0 Å². The number of carbonyl (C=O) groups is 2. The molecule has 3 aromatic rings. The first kappa shape index (κ1) is 18.1. The summed E-state index contributed by atoms with van der Waals surface area (Å²) < 4.78 is 5.00. The van der Waals surface area contributed by atoms with Gasteiger partial charge in [0.25, 0.3) is 5.91 Å². The Bertz CT molecular complexity index is 848. The van der Waals surface area contributed by atoms with Gasteiger partial charge in [-0.05, 0) is 17.0 Å². The van der Waals surface area contributed by atoms with Crippen molar-refractivity contribution in [3.8, 4) is 0 Å². The smallest absolute Gasteiger partial charge is 0.358 e. The summed E-state index contributed by atoms with van der Waals surface area (Å²) in [7, 11) is 0. The fraction of sp³-hybridized carbons (Fsp3) is 0.167. The summed E-state index contributed by atoms with van der Waals surface area (Å²) in [5, 5.41) is 10.0. The first-order chi connectivity index (χ1) is 12.7. The number of nitrogens with one attached hydrogen (secondary N) is 2. The number of nitrogens with zero attached hydrogens (tertiary/aromatic N) is 1. The maximum atomic E-state index is 12.0. The molecule has 0 spiro atoms. The third-order valence-corrected chi connectivity index (χ3v) is 5.05. The summed E-state index contributed by atoms with van der Waals surface area (Å²) in [6.07, 6.45) is 0. The van der Waals surface area contributed by atoms with Crippen LogP contribution in [0.5, 0.6) is 0 Å². The number of anilines is 1. The Hall–Kier alpha value is -2.71. The van der Waals surface area contributed by atoms with E-state index in [4.69, 9.17) is 4.74 Å². The number of hydrogen-bond acceptors (Lipinski definition) is 7. The number of hydrogen-bond donors (Lipinski definition) is 2. The molecule has 2 aromatic heterocycles. The number of amides is 1. The van der Waals surface area contributed by atoms with E-state index in [0.29, 0.717) is 18.2 Å². The standard InChI is InChI=1S/C18H17N3O3S2/c22-16(19-10-14-7-4-8-25-14)11-24-17(23)15-12-26-18(21-15)20-9-13-5-2-1-3-6-13/h1-8,12H,9-11H2,(H,19,22)(H,20,21). The Labute approximate surface area is 158 Å². The minimum absolute atomic E-state index is 0.191. The SMILES string of the molecule is O=C(COC(=O)c1csc(NCc2ccccc2)n1)NCc1cccs1. The number of thiophene rings is 1. The second-order valence-corrected chi connectivity index (χ2v) is 7.20. The van der Waals surface area contributed by atoms with Crippen molar-refractivity contribution < 1.29 is 14.3 Å². The molecule has 0 aliphatic carbocycles. The molecule has 134 valence electrons. The number of benzene rings is 1. The minimum atomic E-state index is -0.611. The van der Waals surface area contributed by atoms with Gasteiger partial charge >= 0.3 is 5.97 Å². The summed E-state index contributed by atoms with van der Waals surface area (Å²) >= 11 is 2.87. The predicted octanol–water partition coefficient (Wildman–Crippen LogP) is 3.29. The maximum Gasteiger partial charge on any atom is 0.358 e. The van der Waals surface area contributed by atoms with Gasteiger partial charge < -0.3 is 15.4 Å². The van der Waals surface area contributed by atoms with Crippen molar-refractivity contribution in [3.63, 3.8) is 0 Å². The lowest BCUT2D eigenvalue weighted by molar-refractivity contribution is -0.124. The monoisotopic (exact) mass is 387 g/mol. The molecule has 6 nitrogen and oxygen atoms in total. The van der Waals surface area contributed by atoms with E-state index in [1.165, 1.54) is 11.3 Å². The van der Waals surface area contributed by atoms with E-state index in [9.17, 15) is 9.59 Å². The molecule has 0 atom stereocenters. The molecule has 0 bridgehead atoms. The highest BCUT2D eigenvalue weighted by atomic mass is 32.1. The van der Waals surface area contributed by atoms with Crippen LogP contribution in [0, 0.1) is 0 Å². The summed E-state index contributed by atoms with van der Waals surface area (Å²) in [5.41, 5.74) is 1.31. The van der Waals surface area contributed by atoms with Crippen molar-refractivity contribution in [2.45, 2.75) is 13.1 Å². The van der Waals surface area contributed by atoms with Gasteiger partial charge in [0, 0.05) is 16.8 Å². The first-order valence-corrected chi connectivity index (χ1v) is 9.66. The van der Waals surface area contributed by atoms with Gasteiger partial charge in [-0.25, -0.2) is 9.78 Å². The van der Waals surface area contributed by atoms with E-state index >= 15 is 0 Å². The molecule has 3 rings (SSSR count). The highest BCUT2D eigenvalue weighted by Crippen LogP contribution is 2.17. The Morgan fingerprint density at radius 1 is 1.04 bits per heavy atom. The van der Waals surface area contributed by atoms with Crippen molar-refractivity contribution in [1.29, 1.82) is 0 Å². The van der Waals surface area contributed by atoms with Crippen LogP contribution in [0.4, 0.5) is 5.13 Å². The normalized spacial score (nSPS) is 10.3. The highest BCUT2D eigenvalue weighted by molar-refractivity contribution is 7.13. The summed E-state index contributed by atoms with van der Waals surface area (Å²) in [6.45, 7) is 0.723. The molecule has 0 saturated heterocycles. The summed E-state index contributed by atoms with van der Waals surface area (Å²) in [4.78, 5) is 28.9. The van der Waals surface area contributed by atoms with Crippen molar-refractivity contribution in [3.05, 3.63) is 69.4 Å². The maximum absolute atomic E-state index is 12.0. The molecule has 8 heteroatoms. The molecule has 2 N–H and O–H groups in total. The molecular weight excluding hydrogens is 370 g/mol. The molecule has 0 radical (unpaired) electrons. The van der Waals surface area contributed by atoms with Gasteiger partial charge in [-0.3, -0.25) is 4.79 Å². The molecule has 0 fully saturated rings. The molecule has 26 heavy (non-hydrogen) atoms. The third-order valence-electron chi connectivity index (χ3n) is 3.37. The molecule has 0 unspecified atom stereocenters. The van der Waals surface area contributed by atoms with Crippen LogP contribution in [0.25, 0.3) is 0 Å². The number of esters is 1. The predicted molar refractivity (Wildman–Crippen MR) is 102 cm³/mol. The van der Waals surface area contributed by atoms with Gasteiger partial charge in [0.15, 0.2) is 17.4 Å². The van der Waals surface area contributed by atoms with E-state index in [2.05, 4.69) is 15.6 Å². The van der Waals surface area contributed by atoms with Gasteiger partial charge in [0.2, 0.25) is 0 Å². The molecule has 2 heterocycles. The largest absolute Gasteiger partial charge is 0.451 e. The summed E-state index contributed by atoms with van der Waals surface area (Å²) in [5.74, 6) is -0.954. The van der Waals surface area contributed by atoms with Crippen LogP contribution < -0.4 is 10.6 Å². The zero-order valence-corrected chi connectivity index (χ0v) is 15.4. The lowest BCUT2D eigenvalue weighted by Crippen LogP contribution is -2.28. The van der Waals surface area contributed by atoms with Crippen LogP contribution in [-0.2, 0) is 22.6 Å². The van der Waals surface area contributed by atoms with Crippen molar-refractivity contribution >= 4 is 39.7 Å².